The molecule has 9 nitrogen and oxygen atoms in total. The summed E-state index contributed by atoms with van der Waals surface area (Å²) in [6.45, 7) is 3.10. The summed E-state index contributed by atoms with van der Waals surface area (Å²) >= 11 is 0. The lowest BCUT2D eigenvalue weighted by atomic mass is 9.82. The third-order valence-electron chi connectivity index (χ3n) is 4.83. The van der Waals surface area contributed by atoms with Crippen molar-refractivity contribution < 1.29 is 34.6 Å². The number of carbonyl (C=O) groups excluding carboxylic acids is 1. The van der Waals surface area contributed by atoms with Crippen LogP contribution in [0.2, 0.25) is 6.32 Å². The minimum atomic E-state index is -1.55. The number of nitrogens with two attached hydrogens (primary N) is 1. The van der Waals surface area contributed by atoms with Crippen LogP contribution in [0.5, 0.6) is 11.5 Å². The van der Waals surface area contributed by atoms with E-state index in [1.54, 1.807) is 4.90 Å². The van der Waals surface area contributed by atoms with Crippen molar-refractivity contribution in [2.75, 3.05) is 19.6 Å². The number of rotatable bonds is 10. The van der Waals surface area contributed by atoms with Crippen molar-refractivity contribution in [1.82, 2.24) is 4.90 Å². The number of carbonyl (C=O) groups is 2. The topological polar surface area (TPSA) is 154 Å². The van der Waals surface area contributed by atoms with Crippen LogP contribution in [0.3, 0.4) is 0 Å². The first-order valence-electron chi connectivity index (χ1n) is 9.34. The maximum atomic E-state index is 12.3. The van der Waals surface area contributed by atoms with E-state index < -0.39 is 18.8 Å². The summed E-state index contributed by atoms with van der Waals surface area (Å²) in [6.07, 6.45) is 1.22. The molecule has 1 aromatic rings. The number of phenols is 1. The second-order valence-corrected chi connectivity index (χ2v) is 7.09. The van der Waals surface area contributed by atoms with E-state index in [4.69, 9.17) is 20.5 Å². The molecule has 0 saturated carbocycles. The van der Waals surface area contributed by atoms with Gasteiger partial charge in [0.15, 0.2) is 0 Å². The number of hydrogen-bond acceptors (Lipinski definition) is 7. The van der Waals surface area contributed by atoms with Gasteiger partial charge in [0, 0.05) is 5.92 Å². The maximum Gasteiger partial charge on any atom is 0.451 e. The molecule has 154 valence electrons. The Morgan fingerprint density at radius 2 is 2.04 bits per heavy atom. The van der Waals surface area contributed by atoms with Crippen LogP contribution >= 0.6 is 0 Å². The van der Waals surface area contributed by atoms with Crippen molar-refractivity contribution in [3.63, 3.8) is 0 Å². The Bertz CT molecular complexity index is 707. The van der Waals surface area contributed by atoms with Gasteiger partial charge in [-0.2, -0.15) is 0 Å². The summed E-state index contributed by atoms with van der Waals surface area (Å²) in [5, 5.41) is 37.6. The number of carboxylic acid groups (broad SMARTS) is 1. The summed E-state index contributed by atoms with van der Waals surface area (Å²) in [6, 6.07) is 2.94. The first kappa shape index (κ1) is 22.0. The van der Waals surface area contributed by atoms with Gasteiger partial charge in [0.05, 0.1) is 13.1 Å². The van der Waals surface area contributed by atoms with Crippen molar-refractivity contribution in [3.05, 3.63) is 23.3 Å². The lowest BCUT2D eigenvalue weighted by Gasteiger charge is -2.40. The van der Waals surface area contributed by atoms with Crippen molar-refractivity contribution >= 4 is 19.0 Å². The molecule has 0 radical (unpaired) electrons. The predicted molar refractivity (Wildman–Crippen MR) is 102 cm³/mol. The lowest BCUT2D eigenvalue weighted by molar-refractivity contribution is -0.144. The fourth-order valence-corrected chi connectivity index (χ4v) is 3.14. The molecular weight excluding hydrogens is 367 g/mol. The Hall–Kier alpha value is -2.30. The minimum Gasteiger partial charge on any atom is -0.507 e. The molecule has 1 aliphatic heterocycles. The molecule has 1 aliphatic rings. The van der Waals surface area contributed by atoms with Gasteiger partial charge in [-0.25, -0.2) is 4.79 Å². The van der Waals surface area contributed by atoms with Gasteiger partial charge >= 0.3 is 13.1 Å². The zero-order chi connectivity index (χ0) is 20.8. The summed E-state index contributed by atoms with van der Waals surface area (Å²) in [5.41, 5.74) is 5.38. The highest BCUT2D eigenvalue weighted by atomic mass is 16.5. The predicted octanol–water partition coefficient (Wildman–Crippen LogP) is 0.0703. The Morgan fingerprint density at radius 3 is 2.61 bits per heavy atom. The van der Waals surface area contributed by atoms with Gasteiger partial charge in [0.25, 0.3) is 0 Å². The lowest BCUT2D eigenvalue weighted by Crippen LogP contribution is -2.57. The minimum absolute atomic E-state index is 0.0200. The van der Waals surface area contributed by atoms with Crippen LogP contribution < -0.4 is 10.5 Å². The summed E-state index contributed by atoms with van der Waals surface area (Å²) < 4.78 is 5.69. The molecule has 0 aliphatic carbocycles. The number of amides is 1. The molecule has 6 N–H and O–H groups in total. The van der Waals surface area contributed by atoms with E-state index in [-0.39, 0.29) is 47.5 Å². The van der Waals surface area contributed by atoms with E-state index in [2.05, 4.69) is 0 Å². The molecule has 1 fully saturated rings. The van der Waals surface area contributed by atoms with E-state index in [0.717, 1.165) is 12.8 Å². The van der Waals surface area contributed by atoms with Crippen LogP contribution in [-0.4, -0.2) is 69.9 Å². The normalized spacial score (nSPS) is 15.1. The first-order chi connectivity index (χ1) is 13.2. The molecule has 28 heavy (non-hydrogen) atoms. The summed E-state index contributed by atoms with van der Waals surface area (Å²) in [7, 11) is -1.55. The van der Waals surface area contributed by atoms with Gasteiger partial charge in [-0.15, -0.1) is 0 Å². The number of aryl methyl sites for hydroxylation is 1. The second kappa shape index (κ2) is 9.76. The van der Waals surface area contributed by atoms with Crippen LogP contribution in [0.25, 0.3) is 0 Å². The molecule has 1 saturated heterocycles. The zero-order valence-electron chi connectivity index (χ0n) is 15.9. The monoisotopic (exact) mass is 394 g/mol. The highest BCUT2D eigenvalue weighted by molar-refractivity contribution is 6.41. The standard InChI is InChI=1S/C18H27BN2O7/c1-11(3-2-8-20)17(23)21-9-13(10-21)28-14-5-4-12(6-7-19(26)27)16(22)15(14)18(24)25/h4-5,11,13,22,26-27H,2-3,6-10,20H2,1H3,(H,24,25)/t11-/m1/s1. The third kappa shape index (κ3) is 5.37. The fourth-order valence-electron chi connectivity index (χ4n) is 3.14. The number of likely N-dealkylation sites (tertiary alicyclic amines) is 1. The van der Waals surface area contributed by atoms with Crippen molar-refractivity contribution in [2.24, 2.45) is 11.7 Å². The average molecular weight is 394 g/mol. The molecule has 1 amide bonds. The van der Waals surface area contributed by atoms with Crippen LogP contribution in [0.15, 0.2) is 12.1 Å². The molecule has 0 spiro atoms. The smallest absolute Gasteiger partial charge is 0.451 e. The Labute approximate surface area is 163 Å². The van der Waals surface area contributed by atoms with E-state index in [1.807, 2.05) is 6.92 Å². The number of hydrogen-bond donors (Lipinski definition) is 5. The second-order valence-electron chi connectivity index (χ2n) is 7.09. The molecule has 2 rings (SSSR count). The van der Waals surface area contributed by atoms with Crippen LogP contribution in [-0.2, 0) is 11.2 Å². The Kier molecular flexibility index (Phi) is 7.67. The summed E-state index contributed by atoms with van der Waals surface area (Å²) in [4.78, 5) is 25.5. The molecule has 10 heteroatoms. The van der Waals surface area contributed by atoms with Gasteiger partial charge in [-0.05, 0) is 43.8 Å². The largest absolute Gasteiger partial charge is 0.507 e. The van der Waals surface area contributed by atoms with Crippen LogP contribution in [0, 0.1) is 5.92 Å². The van der Waals surface area contributed by atoms with Crippen molar-refractivity contribution in [3.8, 4) is 11.5 Å². The molecule has 1 heterocycles. The molecule has 0 unspecified atom stereocenters. The molecule has 0 bridgehead atoms. The number of aromatic carboxylic acids is 1. The molecular formula is C18H27BN2O7. The van der Waals surface area contributed by atoms with E-state index in [1.165, 1.54) is 12.1 Å². The average Bonchev–Trinajstić information content (AvgIpc) is 2.60. The van der Waals surface area contributed by atoms with Gasteiger partial charge in [-0.3, -0.25) is 4.79 Å². The zero-order valence-corrected chi connectivity index (χ0v) is 15.9. The van der Waals surface area contributed by atoms with Gasteiger partial charge in [0.2, 0.25) is 5.91 Å². The molecule has 1 aromatic carbocycles. The van der Waals surface area contributed by atoms with Crippen molar-refractivity contribution in [2.45, 2.75) is 38.6 Å². The van der Waals surface area contributed by atoms with Gasteiger partial charge < -0.3 is 35.6 Å². The van der Waals surface area contributed by atoms with Crippen LogP contribution in [0.4, 0.5) is 0 Å². The number of benzene rings is 1. The van der Waals surface area contributed by atoms with Gasteiger partial charge in [0.1, 0.15) is 23.2 Å². The number of ether oxygens (including phenoxy) is 1. The van der Waals surface area contributed by atoms with E-state index in [9.17, 15) is 19.8 Å². The van der Waals surface area contributed by atoms with Gasteiger partial charge in [-0.1, -0.05) is 13.0 Å². The van der Waals surface area contributed by atoms with E-state index >= 15 is 0 Å². The Morgan fingerprint density at radius 1 is 1.36 bits per heavy atom. The Balaban J connectivity index is 2.00. The number of nitrogens with zero attached hydrogens (tertiary/aromatic N) is 1. The quantitative estimate of drug-likeness (QED) is 0.350. The molecule has 0 aromatic heterocycles. The first-order valence-corrected chi connectivity index (χ1v) is 9.34. The summed E-state index contributed by atoms with van der Waals surface area (Å²) in [5.74, 6) is -1.88. The third-order valence-corrected chi connectivity index (χ3v) is 4.83. The molecule has 1 atom stereocenters. The number of carboxylic acids is 1. The fraction of sp³-hybridized carbons (Fsp3) is 0.556. The van der Waals surface area contributed by atoms with E-state index in [0.29, 0.717) is 19.6 Å². The SMILES string of the molecule is C[C@H](CCCN)C(=O)N1CC(Oc2ccc(CCB(O)O)c(O)c2C(=O)O)C1. The highest BCUT2D eigenvalue weighted by Gasteiger charge is 2.35. The maximum absolute atomic E-state index is 12.3. The van der Waals surface area contributed by atoms with Crippen LogP contribution in [0.1, 0.15) is 35.7 Å². The van der Waals surface area contributed by atoms with Crippen molar-refractivity contribution in [1.29, 1.82) is 0 Å². The number of aromatic hydroxyl groups is 1. The highest BCUT2D eigenvalue weighted by Crippen LogP contribution is 2.34.